The third-order valence-electron chi connectivity index (χ3n) is 0.295. The van der Waals surface area contributed by atoms with Gasteiger partial charge in [-0.3, -0.25) is 5.10 Å². The van der Waals surface area contributed by atoms with E-state index in [1.165, 1.54) is 6.20 Å². The molecular formula is C2H2N3Zr. The second kappa shape index (κ2) is 3.22. The summed E-state index contributed by atoms with van der Waals surface area (Å²) in [6, 6.07) is 0. The zero-order valence-electron chi connectivity index (χ0n) is 2.97. The Kier molecular flexibility index (Phi) is 3.23. The van der Waals surface area contributed by atoms with E-state index in [2.05, 4.69) is 21.6 Å². The maximum Gasteiger partial charge on any atom is 0.134 e. The summed E-state index contributed by atoms with van der Waals surface area (Å²) in [5, 5.41) is 9.03. The molecule has 0 aliphatic carbocycles. The number of aromatic nitrogens is 3. The summed E-state index contributed by atoms with van der Waals surface area (Å²) in [5.74, 6) is 0. The van der Waals surface area contributed by atoms with Gasteiger partial charge in [-0.2, -0.15) is 0 Å². The Balaban J connectivity index is 0.000000250. The first-order valence-electron chi connectivity index (χ1n) is 1.22. The molecule has 1 N–H and O–H groups in total. The van der Waals surface area contributed by atoms with Crippen LogP contribution in [0.4, 0.5) is 0 Å². The molecule has 0 aromatic carbocycles. The number of nitrogens with one attached hydrogen (secondary N) is 1. The summed E-state index contributed by atoms with van der Waals surface area (Å²) < 4.78 is 0. The molecule has 0 bridgehead atoms. The van der Waals surface area contributed by atoms with E-state index < -0.39 is 0 Å². The van der Waals surface area contributed by atoms with Crippen LogP contribution in [0.25, 0.3) is 0 Å². The van der Waals surface area contributed by atoms with Crippen LogP contribution < -0.4 is 0 Å². The third kappa shape index (κ3) is 1.46. The molecule has 1 heterocycles. The van der Waals surface area contributed by atoms with E-state index in [1.807, 2.05) is 0 Å². The molecule has 0 saturated carbocycles. The Morgan fingerprint density at radius 1 is 1.67 bits per heavy atom. The number of hydrogen-bond acceptors (Lipinski definition) is 2. The van der Waals surface area contributed by atoms with Crippen molar-refractivity contribution in [3.63, 3.8) is 0 Å². The summed E-state index contributed by atoms with van der Waals surface area (Å²) in [4.78, 5) is 0. The predicted molar refractivity (Wildman–Crippen MR) is 15.2 cm³/mol. The largest absolute Gasteiger partial charge is 0.265 e. The molecule has 0 amide bonds. The van der Waals surface area contributed by atoms with Gasteiger partial charge in [0.2, 0.25) is 0 Å². The second-order valence-corrected chi connectivity index (χ2v) is 0.603. The molecular weight excluding hydrogens is 157 g/mol. The van der Waals surface area contributed by atoms with Crippen molar-refractivity contribution in [1.29, 1.82) is 0 Å². The van der Waals surface area contributed by atoms with Crippen molar-refractivity contribution in [1.82, 2.24) is 15.4 Å². The van der Waals surface area contributed by atoms with Crippen molar-refractivity contribution >= 4 is 0 Å². The van der Waals surface area contributed by atoms with Gasteiger partial charge in [0.15, 0.2) is 0 Å². The van der Waals surface area contributed by atoms with Gasteiger partial charge >= 0.3 is 0 Å². The topological polar surface area (TPSA) is 41.6 Å². The molecule has 1 rings (SSSR count). The fourth-order valence-corrected chi connectivity index (χ4v) is 0.144. The minimum Gasteiger partial charge on any atom is -0.265 e. The zero-order chi connectivity index (χ0) is 3.54. The first-order valence-corrected chi connectivity index (χ1v) is 1.22. The van der Waals surface area contributed by atoms with Gasteiger partial charge in [0.1, 0.15) is 6.20 Å². The van der Waals surface area contributed by atoms with Gasteiger partial charge in [-0.25, -0.2) is 0 Å². The molecule has 0 unspecified atom stereocenters. The second-order valence-electron chi connectivity index (χ2n) is 0.603. The Morgan fingerprint density at radius 3 is 2.67 bits per heavy atom. The number of H-pyrrole nitrogens is 1. The normalized spacial score (nSPS) is 6.67. The van der Waals surface area contributed by atoms with E-state index in [9.17, 15) is 0 Å². The summed E-state index contributed by atoms with van der Waals surface area (Å²) in [7, 11) is 0. The first kappa shape index (κ1) is 6.02. The fourth-order valence-electron chi connectivity index (χ4n) is 0.144. The van der Waals surface area contributed by atoms with E-state index in [1.54, 1.807) is 0 Å². The van der Waals surface area contributed by atoms with Crippen LogP contribution in [0, 0.1) is 6.20 Å². The van der Waals surface area contributed by atoms with Crippen LogP contribution in [-0.2, 0) is 26.2 Å². The van der Waals surface area contributed by atoms with Crippen LogP contribution in [0.1, 0.15) is 0 Å². The maximum atomic E-state index is 3.29. The average Bonchev–Trinajstić information content (AvgIpc) is 1.76. The van der Waals surface area contributed by atoms with E-state index in [-0.39, 0.29) is 26.2 Å². The molecule has 3 nitrogen and oxygen atoms in total. The average molecular weight is 159 g/mol. The molecule has 0 fully saturated rings. The van der Waals surface area contributed by atoms with Crippen LogP contribution in [0.15, 0.2) is 6.20 Å². The van der Waals surface area contributed by atoms with Crippen LogP contribution in [-0.4, -0.2) is 15.4 Å². The maximum absolute atomic E-state index is 3.29. The molecule has 0 saturated heterocycles. The van der Waals surface area contributed by atoms with Gasteiger partial charge in [0.25, 0.3) is 0 Å². The molecule has 0 aliphatic rings. The number of nitrogens with zero attached hydrogens (tertiary/aromatic N) is 2. The minimum absolute atomic E-state index is 0. The van der Waals surface area contributed by atoms with Gasteiger partial charge in [-0.1, -0.05) is 5.21 Å². The molecule has 4 heteroatoms. The van der Waals surface area contributed by atoms with Crippen molar-refractivity contribution in [3.8, 4) is 0 Å². The van der Waals surface area contributed by atoms with Crippen molar-refractivity contribution in [2.75, 3.05) is 0 Å². The smallest absolute Gasteiger partial charge is 0.134 e. The quantitative estimate of drug-likeness (QED) is 0.560. The van der Waals surface area contributed by atoms with Crippen molar-refractivity contribution in [3.05, 3.63) is 12.4 Å². The summed E-state index contributed by atoms with van der Waals surface area (Å²) in [5.41, 5.74) is 0. The van der Waals surface area contributed by atoms with Gasteiger partial charge in [-0.15, -0.1) is 5.10 Å². The number of aromatic amines is 1. The SMILES string of the molecule is [Zr].[c]1c[nH]nn1. The van der Waals surface area contributed by atoms with Crippen LogP contribution in [0.2, 0.25) is 0 Å². The van der Waals surface area contributed by atoms with Gasteiger partial charge < -0.3 is 0 Å². The van der Waals surface area contributed by atoms with Crippen molar-refractivity contribution < 1.29 is 26.2 Å². The summed E-state index contributed by atoms with van der Waals surface area (Å²) in [6.07, 6.45) is 3.97. The van der Waals surface area contributed by atoms with E-state index >= 15 is 0 Å². The van der Waals surface area contributed by atoms with E-state index in [0.29, 0.717) is 0 Å². The van der Waals surface area contributed by atoms with Gasteiger partial charge in [0, 0.05) is 26.2 Å². The molecule has 0 atom stereocenters. The zero-order valence-corrected chi connectivity index (χ0v) is 5.43. The Labute approximate surface area is 54.3 Å². The van der Waals surface area contributed by atoms with Crippen LogP contribution >= 0.6 is 0 Å². The molecule has 29 valence electrons. The molecule has 1 aromatic rings. The third-order valence-corrected chi connectivity index (χ3v) is 0.295. The molecule has 0 aliphatic heterocycles. The Hall–Kier alpha value is 0.0231. The monoisotopic (exact) mass is 158 g/mol. The summed E-state index contributed by atoms with van der Waals surface area (Å²) in [6.45, 7) is 0. The Bertz CT molecular complexity index is 65.3. The van der Waals surface area contributed by atoms with Gasteiger partial charge in [0.05, 0.1) is 6.20 Å². The van der Waals surface area contributed by atoms with E-state index in [4.69, 9.17) is 0 Å². The van der Waals surface area contributed by atoms with E-state index in [0.717, 1.165) is 0 Å². The fraction of sp³-hybridized carbons (Fsp3) is 0. The number of hydrogen-bond donors (Lipinski definition) is 1. The standard InChI is InChI=1S/C2H2N3.Zr/c1-2-4-5-3-1;/h1H,(H,3,4,5);. The predicted octanol–water partition coefficient (Wildman–Crippen LogP) is -0.398. The minimum atomic E-state index is 0. The van der Waals surface area contributed by atoms with Gasteiger partial charge in [-0.05, 0) is 0 Å². The molecule has 0 spiro atoms. The summed E-state index contributed by atoms with van der Waals surface area (Å²) >= 11 is 0. The Morgan fingerprint density at radius 2 is 2.50 bits per heavy atom. The first-order chi connectivity index (χ1) is 2.50. The molecule has 1 radical (unpaired) electrons. The van der Waals surface area contributed by atoms with Crippen molar-refractivity contribution in [2.24, 2.45) is 0 Å². The van der Waals surface area contributed by atoms with Crippen LogP contribution in [0.3, 0.4) is 0 Å². The molecule has 6 heavy (non-hydrogen) atoms. The van der Waals surface area contributed by atoms with Crippen LogP contribution in [0.5, 0.6) is 0 Å². The number of rotatable bonds is 0. The van der Waals surface area contributed by atoms with Crippen molar-refractivity contribution in [2.45, 2.75) is 0 Å². The molecule has 1 aromatic heterocycles.